The molecule has 0 aliphatic carbocycles. The van der Waals surface area contributed by atoms with Crippen molar-refractivity contribution < 1.29 is 4.79 Å². The fourth-order valence-electron chi connectivity index (χ4n) is 1.83. The van der Waals surface area contributed by atoms with Gasteiger partial charge in [0.1, 0.15) is 0 Å². The number of H-pyrrole nitrogens is 1. The Bertz CT molecular complexity index is 777. The monoisotopic (exact) mass is 300 g/mol. The molecule has 0 fully saturated rings. The van der Waals surface area contributed by atoms with E-state index in [-0.39, 0.29) is 23.1 Å². The van der Waals surface area contributed by atoms with E-state index in [0.717, 1.165) is 0 Å². The van der Waals surface area contributed by atoms with Gasteiger partial charge in [0, 0.05) is 30.3 Å². The lowest BCUT2D eigenvalue weighted by atomic mass is 10.2. The molecule has 2 rings (SSSR count). The number of hydrogen-bond acceptors (Lipinski definition) is 4. The Hall–Kier alpha value is -2.96. The highest BCUT2D eigenvalue weighted by Crippen LogP contribution is 2.02. The molecular weight excluding hydrogens is 284 g/mol. The van der Waals surface area contributed by atoms with Crippen LogP contribution in [0.3, 0.4) is 0 Å². The average Bonchev–Trinajstić information content (AvgIpc) is 2.54. The Kier molecular flexibility index (Phi) is 5.02. The summed E-state index contributed by atoms with van der Waals surface area (Å²) in [6, 6.07) is 10.8. The lowest BCUT2D eigenvalue weighted by Crippen LogP contribution is -2.30. The average molecular weight is 300 g/mol. The van der Waals surface area contributed by atoms with Crippen molar-refractivity contribution in [1.82, 2.24) is 15.2 Å². The first kappa shape index (κ1) is 15.4. The zero-order valence-electron chi connectivity index (χ0n) is 12.0. The van der Waals surface area contributed by atoms with E-state index in [0.29, 0.717) is 12.0 Å². The summed E-state index contributed by atoms with van der Waals surface area (Å²) >= 11 is 0. The number of benzene rings is 1. The van der Waals surface area contributed by atoms with Gasteiger partial charge in [0.2, 0.25) is 0 Å². The molecule has 0 bridgehead atoms. The van der Waals surface area contributed by atoms with Gasteiger partial charge in [0.05, 0.1) is 6.04 Å². The van der Waals surface area contributed by atoms with Crippen LogP contribution in [-0.2, 0) is 0 Å². The van der Waals surface area contributed by atoms with Crippen molar-refractivity contribution >= 4 is 12.1 Å². The molecule has 1 heterocycles. The second-order valence-corrected chi connectivity index (χ2v) is 4.72. The summed E-state index contributed by atoms with van der Waals surface area (Å²) in [4.78, 5) is 34.6. The lowest BCUT2D eigenvalue weighted by molar-refractivity contribution is 0.0955. The van der Waals surface area contributed by atoms with Crippen LogP contribution in [-0.4, -0.2) is 21.9 Å². The maximum atomic E-state index is 11.7. The van der Waals surface area contributed by atoms with E-state index in [2.05, 4.69) is 15.6 Å². The molecule has 7 heteroatoms. The first-order valence-electron chi connectivity index (χ1n) is 6.76. The third kappa shape index (κ3) is 4.02. The first-order chi connectivity index (χ1) is 10.6. The molecule has 1 amide bonds. The fourth-order valence-corrected chi connectivity index (χ4v) is 1.83. The van der Waals surface area contributed by atoms with E-state index in [4.69, 9.17) is 0 Å². The lowest BCUT2D eigenvalue weighted by Gasteiger charge is -2.11. The van der Waals surface area contributed by atoms with Crippen LogP contribution in [0.4, 0.5) is 0 Å². The molecule has 114 valence electrons. The van der Waals surface area contributed by atoms with Gasteiger partial charge in [0.25, 0.3) is 17.0 Å². The minimum absolute atomic E-state index is 0.279. The van der Waals surface area contributed by atoms with Crippen molar-refractivity contribution in [3.63, 3.8) is 0 Å². The molecule has 22 heavy (non-hydrogen) atoms. The minimum atomic E-state index is -0.347. The largest absolute Gasteiger partial charge is 0.271 e. The molecule has 0 aliphatic heterocycles. The molecule has 0 saturated heterocycles. The predicted molar refractivity (Wildman–Crippen MR) is 83.1 cm³/mol. The van der Waals surface area contributed by atoms with Gasteiger partial charge in [-0.15, -0.1) is 0 Å². The fraction of sp³-hybridized carbons (Fsp3) is 0.200. The smallest absolute Gasteiger partial charge is 0.268 e. The second-order valence-electron chi connectivity index (χ2n) is 4.72. The van der Waals surface area contributed by atoms with Crippen molar-refractivity contribution in [2.45, 2.75) is 19.4 Å². The highest BCUT2D eigenvalue weighted by molar-refractivity contribution is 5.94. The highest BCUT2D eigenvalue weighted by atomic mass is 16.2. The van der Waals surface area contributed by atoms with Crippen molar-refractivity contribution in [3.05, 3.63) is 68.7 Å². The molecule has 2 aromatic rings. The summed E-state index contributed by atoms with van der Waals surface area (Å²) in [6.07, 6.45) is 1.87. The normalized spacial score (nSPS) is 12.2. The van der Waals surface area contributed by atoms with Crippen LogP contribution in [0.25, 0.3) is 0 Å². The number of amides is 1. The van der Waals surface area contributed by atoms with Gasteiger partial charge in [-0.1, -0.05) is 18.2 Å². The van der Waals surface area contributed by atoms with Crippen molar-refractivity contribution in [1.29, 1.82) is 0 Å². The van der Waals surface area contributed by atoms with Gasteiger partial charge in [-0.3, -0.25) is 19.5 Å². The summed E-state index contributed by atoms with van der Waals surface area (Å²) in [7, 11) is 0. The van der Waals surface area contributed by atoms with Crippen LogP contribution in [0.1, 0.15) is 29.7 Å². The third-order valence-electron chi connectivity index (χ3n) is 3.03. The summed E-state index contributed by atoms with van der Waals surface area (Å²) in [5.74, 6) is -0.310. The summed E-state index contributed by atoms with van der Waals surface area (Å²) in [5, 5.41) is 6.28. The van der Waals surface area contributed by atoms with Gasteiger partial charge < -0.3 is 0 Å². The summed E-state index contributed by atoms with van der Waals surface area (Å²) < 4.78 is 1.23. The predicted octanol–water partition coefficient (Wildman–Crippen LogP) is 0.904. The number of carbonyl (C=O) groups is 1. The molecule has 0 spiro atoms. The molecule has 0 aliphatic rings. The maximum Gasteiger partial charge on any atom is 0.271 e. The minimum Gasteiger partial charge on any atom is -0.268 e. The Balaban J connectivity index is 1.92. The SMILES string of the molecule is CC(C/C=N/NC(=O)c1ccccc1)n1[nH]c(=O)ccc1=O. The van der Waals surface area contributed by atoms with Crippen LogP contribution in [0.5, 0.6) is 0 Å². The van der Waals surface area contributed by atoms with Gasteiger partial charge in [-0.25, -0.2) is 10.1 Å². The Labute approximate surface area is 126 Å². The third-order valence-corrected chi connectivity index (χ3v) is 3.03. The maximum absolute atomic E-state index is 11.7. The van der Waals surface area contributed by atoms with Gasteiger partial charge >= 0.3 is 0 Å². The number of rotatable bonds is 5. The van der Waals surface area contributed by atoms with Crippen LogP contribution in [0, 0.1) is 0 Å². The molecule has 1 atom stereocenters. The molecule has 7 nitrogen and oxygen atoms in total. The van der Waals surface area contributed by atoms with E-state index < -0.39 is 0 Å². The van der Waals surface area contributed by atoms with Crippen LogP contribution < -0.4 is 16.5 Å². The Morgan fingerprint density at radius 1 is 1.27 bits per heavy atom. The topological polar surface area (TPSA) is 96.3 Å². The van der Waals surface area contributed by atoms with Crippen LogP contribution >= 0.6 is 0 Å². The van der Waals surface area contributed by atoms with Gasteiger partial charge in [0.15, 0.2) is 0 Å². The van der Waals surface area contributed by atoms with Crippen LogP contribution in [0.15, 0.2) is 57.2 Å². The number of hydrazone groups is 1. The number of carbonyl (C=O) groups excluding carboxylic acids is 1. The van der Waals surface area contributed by atoms with Crippen molar-refractivity contribution in [3.8, 4) is 0 Å². The Morgan fingerprint density at radius 2 is 2.00 bits per heavy atom. The number of aromatic nitrogens is 2. The zero-order chi connectivity index (χ0) is 15.9. The highest BCUT2D eigenvalue weighted by Gasteiger charge is 2.06. The molecule has 0 radical (unpaired) electrons. The number of hydrogen-bond donors (Lipinski definition) is 2. The van der Waals surface area contributed by atoms with E-state index in [1.807, 2.05) is 6.07 Å². The summed E-state index contributed by atoms with van der Waals surface area (Å²) in [6.45, 7) is 1.77. The van der Waals surface area contributed by atoms with E-state index in [1.165, 1.54) is 23.0 Å². The zero-order valence-corrected chi connectivity index (χ0v) is 12.0. The van der Waals surface area contributed by atoms with Crippen LogP contribution in [0.2, 0.25) is 0 Å². The van der Waals surface area contributed by atoms with E-state index >= 15 is 0 Å². The molecular formula is C15H16N4O3. The molecule has 1 unspecified atom stereocenters. The second kappa shape index (κ2) is 7.16. The first-order valence-corrected chi connectivity index (χ1v) is 6.76. The van der Waals surface area contributed by atoms with Gasteiger partial charge in [-0.05, 0) is 19.1 Å². The summed E-state index contributed by atoms with van der Waals surface area (Å²) in [5.41, 5.74) is 2.27. The molecule has 2 N–H and O–H groups in total. The molecule has 0 saturated carbocycles. The van der Waals surface area contributed by atoms with E-state index in [1.54, 1.807) is 31.2 Å². The quantitative estimate of drug-likeness (QED) is 0.634. The van der Waals surface area contributed by atoms with Crippen molar-refractivity contribution in [2.24, 2.45) is 5.10 Å². The number of nitrogens with zero attached hydrogens (tertiary/aromatic N) is 2. The molecule has 1 aromatic carbocycles. The standard InChI is InChI=1S/C15H16N4O3/c1-11(19-14(21)8-7-13(20)18-19)9-10-16-17-15(22)12-5-3-2-4-6-12/h2-8,10-11H,9H2,1H3,(H,17,22)(H,18,20)/b16-10+. The Morgan fingerprint density at radius 3 is 2.73 bits per heavy atom. The van der Waals surface area contributed by atoms with Gasteiger partial charge in [-0.2, -0.15) is 5.10 Å². The van der Waals surface area contributed by atoms with E-state index in [9.17, 15) is 14.4 Å². The molecule has 1 aromatic heterocycles. The number of aromatic amines is 1. The number of nitrogens with one attached hydrogen (secondary N) is 2. The van der Waals surface area contributed by atoms with Crippen molar-refractivity contribution in [2.75, 3.05) is 0 Å².